The number of carboxylic acid groups (broad SMARTS) is 2. The summed E-state index contributed by atoms with van der Waals surface area (Å²) in [6.07, 6.45) is 0.415. The van der Waals surface area contributed by atoms with E-state index in [-0.39, 0.29) is 12.3 Å². The van der Waals surface area contributed by atoms with Crippen molar-refractivity contribution in [3.63, 3.8) is 0 Å². The molecule has 3 atom stereocenters. The Hall–Kier alpha value is -2.86. The molecule has 1 saturated carbocycles. The number of hydrogen-bond donors (Lipinski definition) is 3. The molecule has 0 bridgehead atoms. The van der Waals surface area contributed by atoms with Gasteiger partial charge in [0, 0.05) is 23.0 Å². The first-order valence-electron chi connectivity index (χ1n) is 8.52. The van der Waals surface area contributed by atoms with Crippen LogP contribution in [0.15, 0.2) is 48.5 Å². The van der Waals surface area contributed by atoms with Crippen LogP contribution in [0.2, 0.25) is 0 Å². The minimum atomic E-state index is -1.61. The number of para-hydroxylation sites is 2. The monoisotopic (exact) mass is 353 g/mol. The van der Waals surface area contributed by atoms with Gasteiger partial charge in [-0.2, -0.15) is 0 Å². The number of nitrogens with two attached hydrogens (primary N) is 1. The fourth-order valence-electron chi connectivity index (χ4n) is 4.00. The van der Waals surface area contributed by atoms with Gasteiger partial charge in [-0.05, 0) is 25.0 Å². The van der Waals surface area contributed by atoms with E-state index in [0.29, 0.717) is 17.9 Å². The predicted molar refractivity (Wildman–Crippen MR) is 93.2 cm³/mol. The van der Waals surface area contributed by atoms with Crippen molar-refractivity contribution in [3.8, 4) is 11.5 Å². The molecule has 26 heavy (non-hydrogen) atoms. The number of rotatable bonds is 5. The third-order valence-corrected chi connectivity index (χ3v) is 5.52. The molecule has 2 aromatic rings. The molecule has 1 heterocycles. The van der Waals surface area contributed by atoms with E-state index in [2.05, 4.69) is 0 Å². The van der Waals surface area contributed by atoms with Crippen LogP contribution in [-0.2, 0) is 9.59 Å². The van der Waals surface area contributed by atoms with Crippen molar-refractivity contribution >= 4 is 11.9 Å². The van der Waals surface area contributed by atoms with Gasteiger partial charge in [0.05, 0.1) is 5.92 Å². The highest BCUT2D eigenvalue weighted by Crippen LogP contribution is 2.53. The van der Waals surface area contributed by atoms with Crippen molar-refractivity contribution in [1.29, 1.82) is 0 Å². The van der Waals surface area contributed by atoms with E-state index in [4.69, 9.17) is 10.5 Å². The van der Waals surface area contributed by atoms with Crippen LogP contribution in [0.3, 0.4) is 0 Å². The molecule has 0 saturated heterocycles. The Balaban J connectivity index is 1.75. The van der Waals surface area contributed by atoms with E-state index >= 15 is 0 Å². The third-order valence-electron chi connectivity index (χ3n) is 5.52. The van der Waals surface area contributed by atoms with Crippen LogP contribution >= 0.6 is 0 Å². The molecule has 4 rings (SSSR count). The summed E-state index contributed by atoms with van der Waals surface area (Å²) in [5.41, 5.74) is 6.45. The van der Waals surface area contributed by atoms with E-state index < -0.39 is 29.3 Å². The summed E-state index contributed by atoms with van der Waals surface area (Å²) in [7, 11) is 0. The molecular weight excluding hydrogens is 334 g/mol. The van der Waals surface area contributed by atoms with Crippen molar-refractivity contribution in [3.05, 3.63) is 59.7 Å². The number of carboxylic acids is 2. The highest BCUT2D eigenvalue weighted by molar-refractivity contribution is 5.83. The van der Waals surface area contributed by atoms with Crippen LogP contribution in [0.25, 0.3) is 0 Å². The molecule has 2 aromatic carbocycles. The van der Waals surface area contributed by atoms with E-state index in [9.17, 15) is 19.8 Å². The Kier molecular flexibility index (Phi) is 3.73. The second-order valence-electron chi connectivity index (χ2n) is 7.07. The van der Waals surface area contributed by atoms with Crippen LogP contribution in [0.5, 0.6) is 11.5 Å². The van der Waals surface area contributed by atoms with Crippen LogP contribution in [0.1, 0.15) is 29.9 Å². The molecule has 1 fully saturated rings. The fraction of sp³-hybridized carbons (Fsp3) is 0.300. The summed E-state index contributed by atoms with van der Waals surface area (Å²) < 4.78 is 5.94. The first-order chi connectivity index (χ1) is 12.4. The first-order valence-corrected chi connectivity index (χ1v) is 8.52. The average Bonchev–Trinajstić information content (AvgIpc) is 3.43. The maximum absolute atomic E-state index is 12.0. The van der Waals surface area contributed by atoms with Gasteiger partial charge >= 0.3 is 11.9 Å². The number of aliphatic carboxylic acids is 2. The Labute approximate surface area is 150 Å². The Morgan fingerprint density at radius 2 is 1.58 bits per heavy atom. The lowest BCUT2D eigenvalue weighted by atomic mass is 9.76. The molecule has 6 heteroatoms. The van der Waals surface area contributed by atoms with Crippen LogP contribution in [0.4, 0.5) is 0 Å². The maximum atomic E-state index is 12.0. The number of hydrogen-bond acceptors (Lipinski definition) is 4. The molecule has 1 aliphatic carbocycles. The van der Waals surface area contributed by atoms with E-state index in [1.54, 1.807) is 0 Å². The molecular formula is C20H19NO5. The molecule has 0 radical (unpaired) electrons. The predicted octanol–water partition coefficient (Wildman–Crippen LogP) is 2.82. The maximum Gasteiger partial charge on any atom is 0.324 e. The normalized spacial score (nSPS) is 23.1. The second-order valence-corrected chi connectivity index (χ2v) is 7.07. The molecule has 6 nitrogen and oxygen atoms in total. The van der Waals surface area contributed by atoms with Crippen molar-refractivity contribution in [1.82, 2.24) is 0 Å². The lowest BCUT2D eigenvalue weighted by Crippen LogP contribution is -2.52. The van der Waals surface area contributed by atoms with Gasteiger partial charge in [0.1, 0.15) is 17.0 Å². The zero-order chi connectivity index (χ0) is 18.5. The number of carbonyl (C=O) groups is 2. The van der Waals surface area contributed by atoms with Crippen molar-refractivity contribution in [2.45, 2.75) is 24.3 Å². The molecule has 0 aromatic heterocycles. The van der Waals surface area contributed by atoms with Crippen molar-refractivity contribution in [2.24, 2.45) is 17.6 Å². The second kappa shape index (κ2) is 5.85. The zero-order valence-electron chi connectivity index (χ0n) is 14.0. The van der Waals surface area contributed by atoms with E-state index in [1.165, 1.54) is 0 Å². The van der Waals surface area contributed by atoms with E-state index in [0.717, 1.165) is 11.1 Å². The Morgan fingerprint density at radius 1 is 1.04 bits per heavy atom. The quantitative estimate of drug-likeness (QED) is 0.762. The minimum Gasteiger partial charge on any atom is -0.481 e. The van der Waals surface area contributed by atoms with Gasteiger partial charge in [-0.1, -0.05) is 36.4 Å². The topological polar surface area (TPSA) is 110 Å². The van der Waals surface area contributed by atoms with Gasteiger partial charge in [-0.15, -0.1) is 0 Å². The summed E-state index contributed by atoms with van der Waals surface area (Å²) in [6, 6.07) is 15.0. The number of ether oxygens (including phenoxy) is 1. The molecule has 134 valence electrons. The summed E-state index contributed by atoms with van der Waals surface area (Å²) >= 11 is 0. The lowest BCUT2D eigenvalue weighted by Gasteiger charge is -2.34. The van der Waals surface area contributed by atoms with Gasteiger partial charge in [-0.3, -0.25) is 9.59 Å². The molecule has 1 aliphatic heterocycles. The van der Waals surface area contributed by atoms with Crippen molar-refractivity contribution in [2.75, 3.05) is 0 Å². The standard InChI is InChI=1S/C20H19NO5/c21-20(19(24)25,15-9-13(15)18(22)23)10-14-11-5-1-3-7-16(11)26-17-8-4-2-6-12(14)17/h1-8,13-15H,9-10,21H2,(H,22,23)(H,24,25)/t13-,15?,20-/m0/s1. The van der Waals surface area contributed by atoms with E-state index in [1.807, 2.05) is 48.5 Å². The SMILES string of the molecule is N[C@](CC1c2ccccc2Oc2ccccc21)(C(=O)O)C1C[C@@H]1C(=O)O. The Bertz CT molecular complexity index is 850. The summed E-state index contributed by atoms with van der Waals surface area (Å²) in [6.45, 7) is 0. The van der Waals surface area contributed by atoms with Crippen LogP contribution in [0, 0.1) is 11.8 Å². The molecule has 0 amide bonds. The average molecular weight is 353 g/mol. The molecule has 1 unspecified atom stereocenters. The Morgan fingerprint density at radius 3 is 2.04 bits per heavy atom. The largest absolute Gasteiger partial charge is 0.481 e. The van der Waals surface area contributed by atoms with Gasteiger partial charge in [0.2, 0.25) is 0 Å². The van der Waals surface area contributed by atoms with Gasteiger partial charge < -0.3 is 20.7 Å². The highest BCUT2D eigenvalue weighted by atomic mass is 16.5. The van der Waals surface area contributed by atoms with Gasteiger partial charge in [0.15, 0.2) is 0 Å². The number of benzene rings is 2. The fourth-order valence-corrected chi connectivity index (χ4v) is 4.00. The number of fused-ring (bicyclic) bond motifs is 2. The summed E-state index contributed by atoms with van der Waals surface area (Å²) in [4.78, 5) is 23.3. The van der Waals surface area contributed by atoms with Crippen LogP contribution in [-0.4, -0.2) is 27.7 Å². The smallest absolute Gasteiger partial charge is 0.324 e. The molecule has 0 spiro atoms. The highest BCUT2D eigenvalue weighted by Gasteiger charge is 2.59. The lowest BCUT2D eigenvalue weighted by molar-refractivity contribution is -0.145. The van der Waals surface area contributed by atoms with Gasteiger partial charge in [0.25, 0.3) is 0 Å². The first kappa shape index (κ1) is 16.6. The summed E-state index contributed by atoms with van der Waals surface area (Å²) in [5, 5.41) is 19.0. The van der Waals surface area contributed by atoms with Crippen LogP contribution < -0.4 is 10.5 Å². The van der Waals surface area contributed by atoms with Gasteiger partial charge in [-0.25, -0.2) is 0 Å². The molecule has 2 aliphatic rings. The summed E-state index contributed by atoms with van der Waals surface area (Å²) in [5.74, 6) is -2.33. The van der Waals surface area contributed by atoms with Crippen molar-refractivity contribution < 1.29 is 24.5 Å². The third kappa shape index (κ3) is 2.54. The zero-order valence-corrected chi connectivity index (χ0v) is 14.0. The molecule has 4 N–H and O–H groups in total. The minimum absolute atomic E-state index is 0.119.